The van der Waals surface area contributed by atoms with E-state index in [4.69, 9.17) is 16.3 Å². The summed E-state index contributed by atoms with van der Waals surface area (Å²) >= 11 is 6.30. The normalized spacial score (nSPS) is 16.8. The van der Waals surface area contributed by atoms with Crippen LogP contribution >= 0.6 is 11.6 Å². The van der Waals surface area contributed by atoms with Gasteiger partial charge in [0.05, 0.1) is 23.9 Å². The van der Waals surface area contributed by atoms with Gasteiger partial charge in [-0.2, -0.15) is 5.10 Å². The number of pyridine rings is 1. The Labute approximate surface area is 172 Å². The number of ether oxygens (including phenoxy) is 1. The molecule has 0 N–H and O–H groups in total. The lowest BCUT2D eigenvalue weighted by Crippen LogP contribution is -2.42. The molecule has 0 spiro atoms. The molecule has 6 nitrogen and oxygen atoms in total. The maximum Gasteiger partial charge on any atom is 0.274 e. The number of benzene rings is 1. The Morgan fingerprint density at radius 3 is 2.66 bits per heavy atom. The van der Waals surface area contributed by atoms with Crippen molar-refractivity contribution >= 4 is 17.5 Å². The second-order valence-corrected chi connectivity index (χ2v) is 7.41. The van der Waals surface area contributed by atoms with Gasteiger partial charge in [-0.1, -0.05) is 23.7 Å². The monoisotopic (exact) mass is 414 g/mol. The van der Waals surface area contributed by atoms with Crippen LogP contribution in [0.3, 0.4) is 0 Å². The topological polar surface area (TPSA) is 60.2 Å². The summed E-state index contributed by atoms with van der Waals surface area (Å²) in [6.45, 7) is 4.97. The molecule has 1 unspecified atom stereocenters. The van der Waals surface area contributed by atoms with Crippen molar-refractivity contribution in [2.75, 3.05) is 19.7 Å². The van der Waals surface area contributed by atoms with Crippen LogP contribution in [0, 0.1) is 19.7 Å². The van der Waals surface area contributed by atoms with Crippen LogP contribution in [0.15, 0.2) is 42.5 Å². The minimum Gasteiger partial charge on any atom is -0.370 e. The average molecular weight is 415 g/mol. The van der Waals surface area contributed by atoms with E-state index in [1.165, 1.54) is 12.1 Å². The average Bonchev–Trinajstić information content (AvgIpc) is 3.06. The summed E-state index contributed by atoms with van der Waals surface area (Å²) in [6.07, 6.45) is -0.328. The van der Waals surface area contributed by atoms with E-state index >= 15 is 0 Å². The fraction of sp³-hybridized carbons (Fsp3) is 0.286. The van der Waals surface area contributed by atoms with Crippen LogP contribution in [0.25, 0.3) is 5.82 Å². The lowest BCUT2D eigenvalue weighted by atomic mass is 10.1. The third-order valence-electron chi connectivity index (χ3n) is 4.86. The molecular weight excluding hydrogens is 395 g/mol. The van der Waals surface area contributed by atoms with Gasteiger partial charge in [0.15, 0.2) is 5.82 Å². The lowest BCUT2D eigenvalue weighted by molar-refractivity contribution is -0.0230. The van der Waals surface area contributed by atoms with E-state index < -0.39 is 0 Å². The first-order valence-electron chi connectivity index (χ1n) is 9.29. The molecule has 3 heterocycles. The van der Waals surface area contributed by atoms with Gasteiger partial charge < -0.3 is 9.64 Å². The number of hydrogen-bond acceptors (Lipinski definition) is 4. The molecule has 0 bridgehead atoms. The summed E-state index contributed by atoms with van der Waals surface area (Å²) in [5.74, 6) is -0.0464. The van der Waals surface area contributed by atoms with Crippen molar-refractivity contribution in [2.24, 2.45) is 0 Å². The van der Waals surface area contributed by atoms with Gasteiger partial charge in [0.1, 0.15) is 17.6 Å². The number of halogens is 2. The molecule has 8 heteroatoms. The Morgan fingerprint density at radius 2 is 1.97 bits per heavy atom. The summed E-state index contributed by atoms with van der Waals surface area (Å²) in [5, 5.41) is 4.70. The maximum atomic E-state index is 13.2. The number of rotatable bonds is 3. The van der Waals surface area contributed by atoms with Crippen LogP contribution in [0.1, 0.15) is 33.5 Å². The van der Waals surface area contributed by atoms with Crippen molar-refractivity contribution in [3.8, 4) is 5.82 Å². The van der Waals surface area contributed by atoms with Crippen LogP contribution in [-0.2, 0) is 4.74 Å². The van der Waals surface area contributed by atoms with Crippen molar-refractivity contribution in [3.63, 3.8) is 0 Å². The van der Waals surface area contributed by atoms with Crippen molar-refractivity contribution < 1.29 is 13.9 Å². The van der Waals surface area contributed by atoms with Crippen LogP contribution < -0.4 is 0 Å². The molecule has 4 rings (SSSR count). The molecule has 1 atom stereocenters. The first-order chi connectivity index (χ1) is 13.9. The first kappa shape index (κ1) is 19.5. The first-order valence-corrected chi connectivity index (χ1v) is 9.66. The molecule has 1 aliphatic rings. The minimum atomic E-state index is -0.328. The summed E-state index contributed by atoms with van der Waals surface area (Å²) in [4.78, 5) is 19.3. The molecule has 2 aromatic heterocycles. The van der Waals surface area contributed by atoms with E-state index in [0.717, 1.165) is 17.0 Å². The highest BCUT2D eigenvalue weighted by atomic mass is 35.5. The number of morpholine rings is 1. The van der Waals surface area contributed by atoms with Crippen LogP contribution in [0.4, 0.5) is 4.39 Å². The standard InChI is InChI=1S/C21H20ClFN4O2/c1-13-11-14(2)27(25-13)19-8-7-17(22)20(24-19)21(28)26-9-10-29-18(12-26)15-3-5-16(23)6-4-15/h3-8,11,18H,9-10,12H2,1-2H3. The highest BCUT2D eigenvalue weighted by Crippen LogP contribution is 2.25. The predicted molar refractivity (Wildman–Crippen MR) is 107 cm³/mol. The summed E-state index contributed by atoms with van der Waals surface area (Å²) < 4.78 is 20.7. The van der Waals surface area contributed by atoms with E-state index in [0.29, 0.717) is 25.5 Å². The second kappa shape index (κ2) is 7.93. The maximum absolute atomic E-state index is 13.2. The molecule has 0 radical (unpaired) electrons. The second-order valence-electron chi connectivity index (χ2n) is 7.00. The SMILES string of the molecule is Cc1cc(C)n(-c2ccc(Cl)c(C(=O)N3CCOC(c4ccc(F)cc4)C3)n2)n1. The zero-order valence-electron chi connectivity index (χ0n) is 16.1. The van der Waals surface area contributed by atoms with Gasteiger partial charge in [-0.3, -0.25) is 4.79 Å². The predicted octanol–water partition coefficient (Wildman–Crippen LogP) is 3.89. The number of amides is 1. The Hall–Kier alpha value is -2.77. The molecule has 0 saturated carbocycles. The Balaban J connectivity index is 1.59. The molecule has 0 aliphatic carbocycles. The molecule has 3 aromatic rings. The van der Waals surface area contributed by atoms with Crippen LogP contribution in [-0.4, -0.2) is 45.3 Å². The highest BCUT2D eigenvalue weighted by Gasteiger charge is 2.28. The zero-order chi connectivity index (χ0) is 20.5. The van der Waals surface area contributed by atoms with Gasteiger partial charge in [0.2, 0.25) is 0 Å². The van der Waals surface area contributed by atoms with Crippen molar-refractivity contribution in [1.29, 1.82) is 0 Å². The lowest BCUT2D eigenvalue weighted by Gasteiger charge is -2.33. The van der Waals surface area contributed by atoms with Gasteiger partial charge in [-0.05, 0) is 49.7 Å². The highest BCUT2D eigenvalue weighted by molar-refractivity contribution is 6.33. The molecule has 1 saturated heterocycles. The summed E-state index contributed by atoms with van der Waals surface area (Å²) in [6, 6.07) is 11.4. The van der Waals surface area contributed by atoms with Crippen molar-refractivity contribution in [3.05, 3.63) is 75.9 Å². The molecular formula is C21H20ClFN4O2. The fourth-order valence-electron chi connectivity index (χ4n) is 3.42. The number of carbonyl (C=O) groups is 1. The van der Waals surface area contributed by atoms with Crippen molar-refractivity contribution in [1.82, 2.24) is 19.7 Å². The van der Waals surface area contributed by atoms with E-state index in [1.807, 2.05) is 19.9 Å². The minimum absolute atomic E-state index is 0.177. The van der Waals surface area contributed by atoms with Gasteiger partial charge in [-0.25, -0.2) is 14.1 Å². The molecule has 150 valence electrons. The van der Waals surface area contributed by atoms with Gasteiger partial charge in [0.25, 0.3) is 5.91 Å². The number of hydrogen-bond donors (Lipinski definition) is 0. The smallest absolute Gasteiger partial charge is 0.274 e. The van der Waals surface area contributed by atoms with Crippen LogP contribution in [0.2, 0.25) is 5.02 Å². The molecule has 1 fully saturated rings. The zero-order valence-corrected chi connectivity index (χ0v) is 16.9. The quantitative estimate of drug-likeness (QED) is 0.652. The Kier molecular flexibility index (Phi) is 5.34. The third-order valence-corrected chi connectivity index (χ3v) is 5.16. The number of nitrogens with zero attached hydrogens (tertiary/aromatic N) is 4. The largest absolute Gasteiger partial charge is 0.370 e. The van der Waals surface area contributed by atoms with Gasteiger partial charge in [-0.15, -0.1) is 0 Å². The van der Waals surface area contributed by atoms with Crippen LogP contribution in [0.5, 0.6) is 0 Å². The third kappa shape index (κ3) is 4.02. The summed E-state index contributed by atoms with van der Waals surface area (Å²) in [5.41, 5.74) is 2.77. The molecule has 1 amide bonds. The van der Waals surface area contributed by atoms with Gasteiger partial charge >= 0.3 is 0 Å². The van der Waals surface area contributed by atoms with E-state index in [1.54, 1.807) is 33.8 Å². The van der Waals surface area contributed by atoms with E-state index in [-0.39, 0.29) is 28.5 Å². The summed E-state index contributed by atoms with van der Waals surface area (Å²) in [7, 11) is 0. The van der Waals surface area contributed by atoms with Crippen molar-refractivity contribution in [2.45, 2.75) is 20.0 Å². The number of aryl methyl sites for hydroxylation is 2. The number of aromatic nitrogens is 3. The van der Waals surface area contributed by atoms with E-state index in [9.17, 15) is 9.18 Å². The fourth-order valence-corrected chi connectivity index (χ4v) is 3.61. The van der Waals surface area contributed by atoms with Gasteiger partial charge in [0, 0.05) is 12.2 Å². The number of carbonyl (C=O) groups excluding carboxylic acids is 1. The van der Waals surface area contributed by atoms with E-state index in [2.05, 4.69) is 10.1 Å². The Morgan fingerprint density at radius 1 is 1.21 bits per heavy atom. The molecule has 1 aliphatic heterocycles. The Bertz CT molecular complexity index is 1050. The molecule has 29 heavy (non-hydrogen) atoms. The molecule has 1 aromatic carbocycles.